The maximum Gasteiger partial charge on any atom is 0.123 e. The highest BCUT2D eigenvalue weighted by Gasteiger charge is 2.06. The largest absolute Gasteiger partial charge is 0.376 e. The number of aromatic amines is 1. The molecule has 0 spiro atoms. The summed E-state index contributed by atoms with van der Waals surface area (Å²) in [5, 5.41) is 8.88. The Bertz CT molecular complexity index is 412. The second kappa shape index (κ2) is 3.58. The Morgan fingerprint density at radius 2 is 2.15 bits per heavy atom. The molecule has 3 nitrogen and oxygen atoms in total. The van der Waals surface area contributed by atoms with Crippen molar-refractivity contribution in [2.75, 3.05) is 19.0 Å². The average molecular weight is 193 g/mol. The molecular weight excluding hydrogens is 182 g/mol. The van der Waals surface area contributed by atoms with E-state index in [1.165, 1.54) is 0 Å². The van der Waals surface area contributed by atoms with Crippen LogP contribution in [0.25, 0.3) is 0 Å². The lowest BCUT2D eigenvalue weighted by Gasteiger charge is -2.14. The molecule has 0 aliphatic rings. The van der Waals surface area contributed by atoms with Crippen LogP contribution in [0.3, 0.4) is 0 Å². The van der Waals surface area contributed by atoms with Crippen LogP contribution in [0.2, 0.25) is 0 Å². The summed E-state index contributed by atoms with van der Waals surface area (Å²) in [5.74, 6) is 0. The third kappa shape index (κ3) is 1.87. The molecule has 0 unspecified atom stereocenters. The first-order valence-corrected chi connectivity index (χ1v) is 4.28. The molecule has 4 heteroatoms. The lowest BCUT2D eigenvalue weighted by molar-refractivity contribution is 1.08. The number of pyridine rings is 1. The summed E-state index contributed by atoms with van der Waals surface area (Å²) in [6.07, 6.45) is 0. The minimum absolute atomic E-state index is 0.506. The zero-order valence-electron chi connectivity index (χ0n) is 7.88. The molecule has 13 heavy (non-hydrogen) atoms. The van der Waals surface area contributed by atoms with Gasteiger partial charge in [0.1, 0.15) is 16.3 Å². The van der Waals surface area contributed by atoms with E-state index < -0.39 is 0 Å². The summed E-state index contributed by atoms with van der Waals surface area (Å²) in [6.45, 7) is 1.92. The third-order valence-corrected chi connectivity index (χ3v) is 2.05. The molecule has 0 atom stereocenters. The van der Waals surface area contributed by atoms with E-state index in [4.69, 9.17) is 17.5 Å². The quantitative estimate of drug-likeness (QED) is 0.694. The van der Waals surface area contributed by atoms with Crippen molar-refractivity contribution in [3.05, 3.63) is 22.0 Å². The van der Waals surface area contributed by atoms with Gasteiger partial charge in [-0.15, -0.1) is 0 Å². The van der Waals surface area contributed by atoms with Crippen molar-refractivity contribution in [2.24, 2.45) is 0 Å². The van der Waals surface area contributed by atoms with Crippen molar-refractivity contribution in [1.82, 2.24) is 4.98 Å². The summed E-state index contributed by atoms with van der Waals surface area (Å²) in [6, 6.07) is 4.01. The highest BCUT2D eigenvalue weighted by Crippen LogP contribution is 2.18. The van der Waals surface area contributed by atoms with E-state index >= 15 is 0 Å². The van der Waals surface area contributed by atoms with Crippen LogP contribution in [0.15, 0.2) is 6.07 Å². The molecule has 0 saturated heterocycles. The molecule has 0 radical (unpaired) electrons. The maximum absolute atomic E-state index is 8.88. The second-order valence-electron chi connectivity index (χ2n) is 3.05. The first-order valence-electron chi connectivity index (χ1n) is 3.87. The van der Waals surface area contributed by atoms with Crippen LogP contribution in [0.4, 0.5) is 5.69 Å². The molecule has 0 saturated carbocycles. The number of nitriles is 1. The molecule has 1 rings (SSSR count). The summed E-state index contributed by atoms with van der Waals surface area (Å²) >= 11 is 5.04. The number of nitrogens with one attached hydrogen (secondary N) is 1. The number of aryl methyl sites for hydroxylation is 1. The Labute approximate surface area is 82.6 Å². The fourth-order valence-electron chi connectivity index (χ4n) is 1.13. The van der Waals surface area contributed by atoms with E-state index in [0.29, 0.717) is 10.2 Å². The standard InChI is InChI=1S/C9H11N3S/c1-6-4-8(12(2)3)7(5-10)9(13)11-6/h4H,1-3H3,(H,11,13). The molecule has 0 bridgehead atoms. The maximum atomic E-state index is 8.88. The minimum Gasteiger partial charge on any atom is -0.376 e. The van der Waals surface area contributed by atoms with E-state index in [0.717, 1.165) is 11.4 Å². The lowest BCUT2D eigenvalue weighted by atomic mass is 10.2. The number of nitrogens with zero attached hydrogens (tertiary/aromatic N) is 2. The topological polar surface area (TPSA) is 42.8 Å². The number of hydrogen-bond acceptors (Lipinski definition) is 3. The second-order valence-corrected chi connectivity index (χ2v) is 3.46. The Kier molecular flexibility index (Phi) is 2.69. The predicted molar refractivity (Wildman–Crippen MR) is 55.4 cm³/mol. The summed E-state index contributed by atoms with van der Waals surface area (Å²) < 4.78 is 0.506. The van der Waals surface area contributed by atoms with Gasteiger partial charge in [0.15, 0.2) is 0 Å². The Morgan fingerprint density at radius 1 is 1.54 bits per heavy atom. The molecule has 68 valence electrons. The normalized spacial score (nSPS) is 9.38. The van der Waals surface area contributed by atoms with Crippen LogP contribution in [0, 0.1) is 22.9 Å². The van der Waals surface area contributed by atoms with E-state index in [1.54, 1.807) is 0 Å². The first-order chi connectivity index (χ1) is 6.06. The van der Waals surface area contributed by atoms with Crippen molar-refractivity contribution in [3.8, 4) is 6.07 Å². The van der Waals surface area contributed by atoms with E-state index in [2.05, 4.69) is 11.1 Å². The van der Waals surface area contributed by atoms with Gasteiger partial charge in [-0.2, -0.15) is 5.26 Å². The summed E-state index contributed by atoms with van der Waals surface area (Å²) in [5.41, 5.74) is 2.36. The average Bonchev–Trinajstić information content (AvgIpc) is 2.02. The third-order valence-electron chi connectivity index (χ3n) is 1.74. The fraction of sp³-hybridized carbons (Fsp3) is 0.333. The van der Waals surface area contributed by atoms with Gasteiger partial charge in [-0.1, -0.05) is 12.2 Å². The summed E-state index contributed by atoms with van der Waals surface area (Å²) in [7, 11) is 3.79. The van der Waals surface area contributed by atoms with Gasteiger partial charge in [0, 0.05) is 19.8 Å². The number of hydrogen-bond donors (Lipinski definition) is 1. The molecule has 0 fully saturated rings. The van der Waals surface area contributed by atoms with Gasteiger partial charge in [0.25, 0.3) is 0 Å². The SMILES string of the molecule is Cc1cc(N(C)C)c(C#N)c(=S)[nH]1. The van der Waals surface area contributed by atoms with Gasteiger partial charge in [-0.3, -0.25) is 0 Å². The van der Waals surface area contributed by atoms with Crippen LogP contribution in [-0.4, -0.2) is 19.1 Å². The molecule has 0 aromatic carbocycles. The number of H-pyrrole nitrogens is 1. The molecule has 0 aliphatic carbocycles. The van der Waals surface area contributed by atoms with Crippen molar-refractivity contribution in [3.63, 3.8) is 0 Å². The van der Waals surface area contributed by atoms with Gasteiger partial charge >= 0.3 is 0 Å². The van der Waals surface area contributed by atoms with Gasteiger partial charge in [0.2, 0.25) is 0 Å². The molecule has 1 heterocycles. The highest BCUT2D eigenvalue weighted by molar-refractivity contribution is 7.71. The number of aromatic nitrogens is 1. The van der Waals surface area contributed by atoms with Crippen molar-refractivity contribution in [1.29, 1.82) is 5.26 Å². The fourth-order valence-corrected chi connectivity index (χ4v) is 1.44. The molecular formula is C9H11N3S. The molecule has 1 N–H and O–H groups in total. The molecule has 0 amide bonds. The Balaban J connectivity index is 3.50. The predicted octanol–water partition coefficient (Wildman–Crippen LogP) is 1.99. The van der Waals surface area contributed by atoms with Crippen LogP contribution in [0.1, 0.15) is 11.3 Å². The molecule has 1 aromatic rings. The van der Waals surface area contributed by atoms with Crippen molar-refractivity contribution >= 4 is 17.9 Å². The van der Waals surface area contributed by atoms with Gasteiger partial charge in [0.05, 0.1) is 5.69 Å². The zero-order chi connectivity index (χ0) is 10.0. The Morgan fingerprint density at radius 3 is 2.62 bits per heavy atom. The minimum atomic E-state index is 0.506. The van der Waals surface area contributed by atoms with E-state index in [9.17, 15) is 0 Å². The van der Waals surface area contributed by atoms with Crippen LogP contribution < -0.4 is 4.90 Å². The highest BCUT2D eigenvalue weighted by atomic mass is 32.1. The number of rotatable bonds is 1. The summed E-state index contributed by atoms with van der Waals surface area (Å²) in [4.78, 5) is 4.83. The number of anilines is 1. The van der Waals surface area contributed by atoms with Gasteiger partial charge < -0.3 is 9.88 Å². The van der Waals surface area contributed by atoms with E-state index in [1.807, 2.05) is 32.0 Å². The van der Waals surface area contributed by atoms with Gasteiger partial charge in [-0.05, 0) is 13.0 Å². The first kappa shape index (κ1) is 9.75. The smallest absolute Gasteiger partial charge is 0.123 e. The van der Waals surface area contributed by atoms with Crippen molar-refractivity contribution in [2.45, 2.75) is 6.92 Å². The molecule has 1 aromatic heterocycles. The van der Waals surface area contributed by atoms with Crippen LogP contribution in [0.5, 0.6) is 0 Å². The monoisotopic (exact) mass is 193 g/mol. The lowest BCUT2D eigenvalue weighted by Crippen LogP contribution is -2.11. The van der Waals surface area contributed by atoms with E-state index in [-0.39, 0.29) is 0 Å². The van der Waals surface area contributed by atoms with Crippen LogP contribution >= 0.6 is 12.2 Å². The van der Waals surface area contributed by atoms with Gasteiger partial charge in [-0.25, -0.2) is 0 Å². The Hall–Kier alpha value is -1.34. The van der Waals surface area contributed by atoms with Crippen LogP contribution in [-0.2, 0) is 0 Å². The van der Waals surface area contributed by atoms with Crippen molar-refractivity contribution < 1.29 is 0 Å². The zero-order valence-corrected chi connectivity index (χ0v) is 8.70. The molecule has 0 aliphatic heterocycles.